The molecule has 0 radical (unpaired) electrons. The molecule has 0 aliphatic rings. The maximum Gasteiger partial charge on any atom is 0.303 e. The van der Waals surface area contributed by atoms with Crippen LogP contribution in [-0.4, -0.2) is 16.1 Å². The molecule has 0 aliphatic carbocycles. The van der Waals surface area contributed by atoms with Crippen LogP contribution >= 0.6 is 0 Å². The van der Waals surface area contributed by atoms with E-state index < -0.39 is 5.97 Å². The topological polar surface area (TPSA) is 50.2 Å². The predicted molar refractivity (Wildman–Crippen MR) is 49.5 cm³/mol. The van der Waals surface area contributed by atoms with Crippen LogP contribution in [0.15, 0.2) is 18.3 Å². The second-order valence-electron chi connectivity index (χ2n) is 3.05. The zero-order valence-electron chi connectivity index (χ0n) is 7.66. The number of aromatic nitrogens is 1. The Labute approximate surface area is 77.4 Å². The number of rotatable bonds is 4. The number of nitrogens with zero attached hydrogens (tertiary/aromatic N) is 1. The van der Waals surface area contributed by atoms with E-state index in [4.69, 9.17) is 5.11 Å². The van der Waals surface area contributed by atoms with E-state index in [9.17, 15) is 4.79 Å². The van der Waals surface area contributed by atoms with E-state index in [0.29, 0.717) is 6.42 Å². The van der Waals surface area contributed by atoms with Gasteiger partial charge in [0, 0.05) is 18.3 Å². The summed E-state index contributed by atoms with van der Waals surface area (Å²) in [5.74, 6) is -0.731. The number of hydrogen-bond acceptors (Lipinski definition) is 2. The average molecular weight is 179 g/mol. The van der Waals surface area contributed by atoms with Crippen molar-refractivity contribution in [3.8, 4) is 0 Å². The molecule has 0 bridgehead atoms. The summed E-state index contributed by atoms with van der Waals surface area (Å²) >= 11 is 0. The van der Waals surface area contributed by atoms with Gasteiger partial charge in [-0.05, 0) is 37.5 Å². The standard InChI is InChI=1S/C10H13NO2/c1-8-7-9(5-6-11-8)3-2-4-10(12)13/h5-7H,2-4H2,1H3,(H,12,13). The lowest BCUT2D eigenvalue weighted by atomic mass is 10.1. The highest BCUT2D eigenvalue weighted by Gasteiger charge is 1.98. The van der Waals surface area contributed by atoms with Crippen molar-refractivity contribution in [3.05, 3.63) is 29.6 Å². The van der Waals surface area contributed by atoms with Gasteiger partial charge < -0.3 is 5.11 Å². The minimum atomic E-state index is -0.731. The second-order valence-corrected chi connectivity index (χ2v) is 3.05. The molecular weight excluding hydrogens is 166 g/mol. The maximum atomic E-state index is 10.2. The fraction of sp³-hybridized carbons (Fsp3) is 0.400. The molecule has 0 amide bonds. The lowest BCUT2D eigenvalue weighted by Crippen LogP contribution is -1.96. The Balaban J connectivity index is 2.41. The molecule has 0 fully saturated rings. The SMILES string of the molecule is Cc1cc(CCCC(=O)O)ccn1. The Bertz CT molecular complexity index is 297. The number of carbonyl (C=O) groups is 1. The molecule has 1 N–H and O–H groups in total. The van der Waals surface area contributed by atoms with Gasteiger partial charge in [0.15, 0.2) is 0 Å². The number of carboxylic acid groups (broad SMARTS) is 1. The largest absolute Gasteiger partial charge is 0.481 e. The highest BCUT2D eigenvalue weighted by molar-refractivity contribution is 5.66. The normalized spacial score (nSPS) is 9.92. The number of aryl methyl sites for hydroxylation is 2. The van der Waals surface area contributed by atoms with E-state index in [1.165, 1.54) is 0 Å². The van der Waals surface area contributed by atoms with Crippen molar-refractivity contribution in [1.29, 1.82) is 0 Å². The molecule has 13 heavy (non-hydrogen) atoms. The van der Waals surface area contributed by atoms with Crippen LogP contribution in [0.5, 0.6) is 0 Å². The van der Waals surface area contributed by atoms with Gasteiger partial charge in [-0.25, -0.2) is 0 Å². The first-order valence-corrected chi connectivity index (χ1v) is 4.32. The Morgan fingerprint density at radius 2 is 2.38 bits per heavy atom. The molecule has 1 aromatic rings. The van der Waals surface area contributed by atoms with Crippen molar-refractivity contribution in [2.75, 3.05) is 0 Å². The Kier molecular flexibility index (Phi) is 3.43. The third-order valence-corrected chi connectivity index (χ3v) is 1.82. The molecule has 0 saturated carbocycles. The highest BCUT2D eigenvalue weighted by Crippen LogP contribution is 2.05. The van der Waals surface area contributed by atoms with Gasteiger partial charge in [-0.15, -0.1) is 0 Å². The van der Waals surface area contributed by atoms with Crippen LogP contribution in [0.1, 0.15) is 24.1 Å². The maximum absolute atomic E-state index is 10.2. The van der Waals surface area contributed by atoms with E-state index in [2.05, 4.69) is 4.98 Å². The summed E-state index contributed by atoms with van der Waals surface area (Å²) < 4.78 is 0. The molecule has 0 aromatic carbocycles. The summed E-state index contributed by atoms with van der Waals surface area (Å²) in [5, 5.41) is 8.43. The summed E-state index contributed by atoms with van der Waals surface area (Å²) in [6, 6.07) is 3.91. The summed E-state index contributed by atoms with van der Waals surface area (Å²) in [6.07, 6.45) is 3.50. The summed E-state index contributed by atoms with van der Waals surface area (Å²) in [5.41, 5.74) is 2.14. The molecule has 1 rings (SSSR count). The van der Waals surface area contributed by atoms with E-state index in [1.54, 1.807) is 6.20 Å². The lowest BCUT2D eigenvalue weighted by molar-refractivity contribution is -0.137. The minimum Gasteiger partial charge on any atom is -0.481 e. The molecule has 1 heterocycles. The highest BCUT2D eigenvalue weighted by atomic mass is 16.4. The van der Waals surface area contributed by atoms with Crippen LogP contribution in [0, 0.1) is 6.92 Å². The molecule has 3 nitrogen and oxygen atoms in total. The molecule has 0 atom stereocenters. The van der Waals surface area contributed by atoms with Crippen LogP contribution in [-0.2, 0) is 11.2 Å². The van der Waals surface area contributed by atoms with Crippen LogP contribution in [0.2, 0.25) is 0 Å². The third kappa shape index (κ3) is 3.69. The van der Waals surface area contributed by atoms with Gasteiger partial charge in [0.05, 0.1) is 0 Å². The van der Waals surface area contributed by atoms with Gasteiger partial charge in [-0.1, -0.05) is 0 Å². The molecule has 0 unspecified atom stereocenters. The summed E-state index contributed by atoms with van der Waals surface area (Å²) in [4.78, 5) is 14.3. The van der Waals surface area contributed by atoms with Crippen molar-refractivity contribution < 1.29 is 9.90 Å². The lowest BCUT2D eigenvalue weighted by Gasteiger charge is -1.99. The second kappa shape index (κ2) is 4.60. The fourth-order valence-corrected chi connectivity index (χ4v) is 1.20. The van der Waals surface area contributed by atoms with Gasteiger partial charge in [0.25, 0.3) is 0 Å². The van der Waals surface area contributed by atoms with Crippen molar-refractivity contribution in [3.63, 3.8) is 0 Å². The molecule has 70 valence electrons. The molecule has 1 aromatic heterocycles. The van der Waals surface area contributed by atoms with Gasteiger partial charge in [-0.3, -0.25) is 9.78 Å². The number of hydrogen-bond donors (Lipinski definition) is 1. The molecule has 0 aliphatic heterocycles. The zero-order valence-corrected chi connectivity index (χ0v) is 7.66. The number of pyridine rings is 1. The first kappa shape index (κ1) is 9.71. The van der Waals surface area contributed by atoms with Gasteiger partial charge in [0.2, 0.25) is 0 Å². The average Bonchev–Trinajstić information content (AvgIpc) is 2.03. The van der Waals surface area contributed by atoms with Crippen LogP contribution in [0.4, 0.5) is 0 Å². The quantitative estimate of drug-likeness (QED) is 0.766. The predicted octanol–water partition coefficient (Wildman–Crippen LogP) is 1.80. The number of carboxylic acids is 1. The van der Waals surface area contributed by atoms with Crippen LogP contribution in [0.25, 0.3) is 0 Å². The molecule has 0 spiro atoms. The van der Waals surface area contributed by atoms with Gasteiger partial charge >= 0.3 is 5.97 Å². The zero-order chi connectivity index (χ0) is 9.68. The van der Waals surface area contributed by atoms with E-state index in [-0.39, 0.29) is 6.42 Å². The monoisotopic (exact) mass is 179 g/mol. The fourth-order valence-electron chi connectivity index (χ4n) is 1.20. The number of aliphatic carboxylic acids is 1. The Morgan fingerprint density at radius 1 is 1.62 bits per heavy atom. The Morgan fingerprint density at radius 3 is 3.00 bits per heavy atom. The minimum absolute atomic E-state index is 0.237. The molecule has 3 heteroatoms. The smallest absolute Gasteiger partial charge is 0.303 e. The third-order valence-electron chi connectivity index (χ3n) is 1.82. The summed E-state index contributed by atoms with van der Waals surface area (Å²) in [6.45, 7) is 1.93. The van der Waals surface area contributed by atoms with E-state index in [1.807, 2.05) is 19.1 Å². The Hall–Kier alpha value is -1.38. The van der Waals surface area contributed by atoms with E-state index in [0.717, 1.165) is 17.7 Å². The van der Waals surface area contributed by atoms with E-state index >= 15 is 0 Å². The van der Waals surface area contributed by atoms with Crippen LogP contribution in [0.3, 0.4) is 0 Å². The van der Waals surface area contributed by atoms with Crippen molar-refractivity contribution in [2.24, 2.45) is 0 Å². The van der Waals surface area contributed by atoms with Gasteiger partial charge in [0.1, 0.15) is 0 Å². The van der Waals surface area contributed by atoms with Crippen molar-refractivity contribution in [2.45, 2.75) is 26.2 Å². The van der Waals surface area contributed by atoms with Crippen LogP contribution < -0.4 is 0 Å². The molecular formula is C10H13NO2. The first-order chi connectivity index (χ1) is 6.18. The van der Waals surface area contributed by atoms with Gasteiger partial charge in [-0.2, -0.15) is 0 Å². The molecule has 0 saturated heterocycles. The van der Waals surface area contributed by atoms with Crippen molar-refractivity contribution in [1.82, 2.24) is 4.98 Å². The first-order valence-electron chi connectivity index (χ1n) is 4.32. The summed E-state index contributed by atoms with van der Waals surface area (Å²) in [7, 11) is 0. The van der Waals surface area contributed by atoms with Crippen molar-refractivity contribution >= 4 is 5.97 Å².